The predicted molar refractivity (Wildman–Crippen MR) is 82.3 cm³/mol. The summed E-state index contributed by atoms with van der Waals surface area (Å²) in [5, 5.41) is 4.80. The van der Waals surface area contributed by atoms with Crippen LogP contribution in [0.2, 0.25) is 0 Å². The Morgan fingerprint density at radius 1 is 1.16 bits per heavy atom. The van der Waals surface area contributed by atoms with Crippen LogP contribution in [0.4, 0.5) is 0 Å². The van der Waals surface area contributed by atoms with Crippen molar-refractivity contribution < 1.29 is 0 Å². The first-order chi connectivity index (χ1) is 9.04. The van der Waals surface area contributed by atoms with Crippen LogP contribution in [0.3, 0.4) is 0 Å². The van der Waals surface area contributed by atoms with Gasteiger partial charge in [-0.2, -0.15) is 5.10 Å². The fourth-order valence-electron chi connectivity index (χ4n) is 2.67. The molecule has 1 aromatic rings. The molecule has 0 aliphatic heterocycles. The molecule has 1 atom stereocenters. The number of aromatic nitrogens is 2. The van der Waals surface area contributed by atoms with E-state index < -0.39 is 0 Å². The lowest BCUT2D eigenvalue weighted by molar-refractivity contribution is 0.478. The Labute approximate surface area is 118 Å². The zero-order valence-electron chi connectivity index (χ0n) is 13.4. The molecule has 0 saturated carbocycles. The molecule has 1 heterocycles. The highest BCUT2D eigenvalue weighted by molar-refractivity contribution is 5.30. The van der Waals surface area contributed by atoms with Crippen LogP contribution in [-0.4, -0.2) is 9.78 Å². The van der Waals surface area contributed by atoms with E-state index in [1.165, 1.54) is 29.8 Å². The van der Waals surface area contributed by atoms with E-state index in [0.29, 0.717) is 0 Å². The second-order valence-corrected chi connectivity index (χ2v) is 5.79. The third-order valence-electron chi connectivity index (χ3n) is 3.81. The summed E-state index contributed by atoms with van der Waals surface area (Å²) in [7, 11) is 0. The van der Waals surface area contributed by atoms with Gasteiger partial charge in [-0.25, -0.2) is 0 Å². The lowest BCUT2D eigenvalue weighted by Crippen LogP contribution is -2.13. The van der Waals surface area contributed by atoms with Gasteiger partial charge in [0.2, 0.25) is 0 Å². The molecule has 0 radical (unpaired) electrons. The second kappa shape index (κ2) is 7.68. The van der Waals surface area contributed by atoms with E-state index in [4.69, 9.17) is 10.8 Å². The lowest BCUT2D eigenvalue weighted by atomic mass is 10.00. The van der Waals surface area contributed by atoms with Gasteiger partial charge in [0.25, 0.3) is 0 Å². The summed E-state index contributed by atoms with van der Waals surface area (Å²) < 4.78 is 2.21. The van der Waals surface area contributed by atoms with Crippen molar-refractivity contribution in [1.82, 2.24) is 9.78 Å². The topological polar surface area (TPSA) is 43.8 Å². The van der Waals surface area contributed by atoms with Crippen LogP contribution in [0.1, 0.15) is 76.9 Å². The van der Waals surface area contributed by atoms with Crippen molar-refractivity contribution in [1.29, 1.82) is 0 Å². The van der Waals surface area contributed by atoms with Crippen molar-refractivity contribution in [2.45, 2.75) is 79.3 Å². The first kappa shape index (κ1) is 16.2. The van der Waals surface area contributed by atoms with Gasteiger partial charge in [-0.3, -0.25) is 4.68 Å². The van der Waals surface area contributed by atoms with Gasteiger partial charge < -0.3 is 5.73 Å². The number of hydrogen-bond acceptors (Lipinski definition) is 2. The molecule has 19 heavy (non-hydrogen) atoms. The molecule has 0 aliphatic carbocycles. The van der Waals surface area contributed by atoms with Gasteiger partial charge in [0, 0.05) is 23.8 Å². The Hall–Kier alpha value is -0.830. The first-order valence-electron chi connectivity index (χ1n) is 7.89. The number of nitrogens with two attached hydrogens (primary N) is 1. The molecule has 0 spiro atoms. The summed E-state index contributed by atoms with van der Waals surface area (Å²) in [6.45, 7) is 12.1. The molecule has 2 N–H and O–H groups in total. The van der Waals surface area contributed by atoms with Gasteiger partial charge in [0.1, 0.15) is 0 Å². The van der Waals surface area contributed by atoms with Gasteiger partial charge >= 0.3 is 0 Å². The van der Waals surface area contributed by atoms with Crippen molar-refractivity contribution in [3.63, 3.8) is 0 Å². The zero-order valence-corrected chi connectivity index (χ0v) is 13.4. The molecule has 0 amide bonds. The van der Waals surface area contributed by atoms with E-state index in [9.17, 15) is 0 Å². The number of rotatable bonds is 8. The minimum absolute atomic E-state index is 0.142. The molecular weight excluding hydrogens is 234 g/mol. The maximum Gasteiger partial charge on any atom is 0.0672 e. The molecule has 1 aromatic heterocycles. The molecule has 0 saturated heterocycles. The minimum atomic E-state index is 0.142. The third-order valence-corrected chi connectivity index (χ3v) is 3.81. The molecule has 1 rings (SSSR count). The predicted octanol–water partition coefficient (Wildman–Crippen LogP) is 3.85. The number of aryl methyl sites for hydroxylation is 2. The van der Waals surface area contributed by atoms with Crippen LogP contribution >= 0.6 is 0 Å². The highest BCUT2D eigenvalue weighted by atomic mass is 15.3. The summed E-state index contributed by atoms with van der Waals surface area (Å²) in [5.41, 5.74) is 10.2. The molecule has 0 aromatic carbocycles. The van der Waals surface area contributed by atoms with Gasteiger partial charge in [0.15, 0.2) is 0 Å². The quantitative estimate of drug-likeness (QED) is 0.775. The van der Waals surface area contributed by atoms with Gasteiger partial charge in [-0.05, 0) is 38.0 Å². The highest BCUT2D eigenvalue weighted by Gasteiger charge is 2.19. The number of nitrogens with zero attached hydrogens (tertiary/aromatic N) is 2. The van der Waals surface area contributed by atoms with E-state index in [2.05, 4.69) is 39.3 Å². The van der Waals surface area contributed by atoms with E-state index in [0.717, 1.165) is 31.7 Å². The Balaban J connectivity index is 2.95. The Bertz CT molecular complexity index is 380. The highest BCUT2D eigenvalue weighted by Crippen LogP contribution is 2.24. The van der Waals surface area contributed by atoms with E-state index in [-0.39, 0.29) is 6.04 Å². The van der Waals surface area contributed by atoms with Crippen LogP contribution in [0.15, 0.2) is 0 Å². The van der Waals surface area contributed by atoms with Crippen LogP contribution in [0.5, 0.6) is 0 Å². The van der Waals surface area contributed by atoms with Crippen LogP contribution in [0.25, 0.3) is 0 Å². The summed E-state index contributed by atoms with van der Waals surface area (Å²) in [6, 6.07) is 0.142. The van der Waals surface area contributed by atoms with Crippen molar-refractivity contribution in [2.24, 2.45) is 11.7 Å². The minimum Gasteiger partial charge on any atom is -0.324 e. The molecule has 110 valence electrons. The van der Waals surface area contributed by atoms with Crippen molar-refractivity contribution in [2.75, 3.05) is 0 Å². The number of hydrogen-bond donors (Lipinski definition) is 1. The normalized spacial score (nSPS) is 13.2. The summed E-state index contributed by atoms with van der Waals surface area (Å²) in [4.78, 5) is 0. The molecule has 1 unspecified atom stereocenters. The summed E-state index contributed by atoms with van der Waals surface area (Å²) >= 11 is 0. The van der Waals surface area contributed by atoms with Crippen LogP contribution in [-0.2, 0) is 19.4 Å². The van der Waals surface area contributed by atoms with Crippen LogP contribution < -0.4 is 5.73 Å². The monoisotopic (exact) mass is 265 g/mol. The summed E-state index contributed by atoms with van der Waals surface area (Å²) in [5.74, 6) is 0.767. The van der Waals surface area contributed by atoms with Gasteiger partial charge in [0.05, 0.1) is 5.69 Å². The van der Waals surface area contributed by atoms with Crippen molar-refractivity contribution >= 4 is 0 Å². The molecule has 0 aliphatic rings. The fourth-order valence-corrected chi connectivity index (χ4v) is 2.67. The maximum atomic E-state index is 6.28. The van der Waals surface area contributed by atoms with E-state index in [1.807, 2.05) is 0 Å². The zero-order chi connectivity index (χ0) is 14.4. The third kappa shape index (κ3) is 4.07. The van der Waals surface area contributed by atoms with Crippen molar-refractivity contribution in [3.05, 3.63) is 17.0 Å². The average Bonchev–Trinajstić information content (AvgIpc) is 2.75. The van der Waals surface area contributed by atoms with Gasteiger partial charge in [-0.15, -0.1) is 0 Å². The van der Waals surface area contributed by atoms with Gasteiger partial charge in [-0.1, -0.05) is 34.6 Å². The smallest absolute Gasteiger partial charge is 0.0672 e. The molecular formula is C16H31N3. The molecule has 3 nitrogen and oxygen atoms in total. The molecule has 0 bridgehead atoms. The van der Waals surface area contributed by atoms with Crippen LogP contribution in [0, 0.1) is 5.92 Å². The standard InChI is InChI=1S/C16H31N3/c1-6-13(17)16-14(7-2)18-19(15(16)8-3)11-9-10-12(4)5/h12-13H,6-11,17H2,1-5H3. The largest absolute Gasteiger partial charge is 0.324 e. The maximum absolute atomic E-state index is 6.28. The van der Waals surface area contributed by atoms with E-state index >= 15 is 0 Å². The fraction of sp³-hybridized carbons (Fsp3) is 0.812. The van der Waals surface area contributed by atoms with E-state index in [1.54, 1.807) is 0 Å². The second-order valence-electron chi connectivity index (χ2n) is 5.79. The SMILES string of the molecule is CCc1nn(CCCC(C)C)c(CC)c1C(N)CC. The Morgan fingerprint density at radius 3 is 2.32 bits per heavy atom. The molecule has 3 heteroatoms. The van der Waals surface area contributed by atoms with Crippen molar-refractivity contribution in [3.8, 4) is 0 Å². The Morgan fingerprint density at radius 2 is 1.84 bits per heavy atom. The lowest BCUT2D eigenvalue weighted by Gasteiger charge is -2.13. The molecule has 0 fully saturated rings. The summed E-state index contributed by atoms with van der Waals surface area (Å²) in [6.07, 6.45) is 5.46. The Kier molecular flexibility index (Phi) is 6.56. The first-order valence-corrected chi connectivity index (χ1v) is 7.89. The average molecular weight is 265 g/mol.